The number of hydrogen-bond acceptors (Lipinski definition) is 2. The van der Waals surface area contributed by atoms with Crippen LogP contribution in [0.25, 0.3) is 0 Å². The molecule has 22 heavy (non-hydrogen) atoms. The SMILES string of the molecule is O=C(Nc1ccccc1)C(O)(CC(F)F)c1ccccc1Br. The summed E-state index contributed by atoms with van der Waals surface area (Å²) in [5.74, 6) is -0.897. The van der Waals surface area contributed by atoms with Gasteiger partial charge in [-0.2, -0.15) is 0 Å². The van der Waals surface area contributed by atoms with Crippen LogP contribution in [0.3, 0.4) is 0 Å². The molecule has 0 aliphatic heterocycles. The number of carbonyl (C=O) groups excluding carboxylic acids is 1. The van der Waals surface area contributed by atoms with Gasteiger partial charge in [-0.15, -0.1) is 0 Å². The Morgan fingerprint density at radius 1 is 1.14 bits per heavy atom. The third kappa shape index (κ3) is 3.69. The fraction of sp³-hybridized carbons (Fsp3) is 0.188. The van der Waals surface area contributed by atoms with E-state index in [0.29, 0.717) is 10.2 Å². The van der Waals surface area contributed by atoms with E-state index in [2.05, 4.69) is 21.2 Å². The third-order valence-electron chi connectivity index (χ3n) is 3.18. The standard InChI is InChI=1S/C16H14BrF2NO2/c17-13-9-5-4-8-12(13)16(22,10-14(18)19)15(21)20-11-6-2-1-3-7-11/h1-9,14,22H,10H2,(H,20,21). The second kappa shape index (κ2) is 6.98. The molecule has 1 atom stereocenters. The number of carbonyl (C=O) groups is 1. The molecule has 6 heteroatoms. The Labute approximate surface area is 135 Å². The number of anilines is 1. The zero-order valence-corrected chi connectivity index (χ0v) is 13.1. The molecule has 0 bridgehead atoms. The molecule has 2 aromatic rings. The number of rotatable bonds is 5. The van der Waals surface area contributed by atoms with E-state index in [1.165, 1.54) is 6.07 Å². The summed E-state index contributed by atoms with van der Waals surface area (Å²) in [6.45, 7) is 0. The summed E-state index contributed by atoms with van der Waals surface area (Å²) in [6.07, 6.45) is -3.83. The molecule has 116 valence electrons. The molecule has 0 heterocycles. The fourth-order valence-electron chi connectivity index (χ4n) is 2.10. The Morgan fingerprint density at radius 3 is 2.32 bits per heavy atom. The maximum atomic E-state index is 12.9. The number of halogens is 3. The average Bonchev–Trinajstić information content (AvgIpc) is 2.47. The zero-order valence-electron chi connectivity index (χ0n) is 11.5. The van der Waals surface area contributed by atoms with E-state index in [-0.39, 0.29) is 5.56 Å². The van der Waals surface area contributed by atoms with Gasteiger partial charge < -0.3 is 10.4 Å². The lowest BCUT2D eigenvalue weighted by Gasteiger charge is -2.28. The van der Waals surface area contributed by atoms with E-state index in [4.69, 9.17) is 0 Å². The normalized spacial score (nSPS) is 13.7. The van der Waals surface area contributed by atoms with Crippen LogP contribution < -0.4 is 5.32 Å². The molecule has 0 spiro atoms. The summed E-state index contributed by atoms with van der Waals surface area (Å²) in [4.78, 5) is 12.4. The number of hydrogen-bond donors (Lipinski definition) is 2. The maximum Gasteiger partial charge on any atom is 0.261 e. The molecule has 0 fully saturated rings. The van der Waals surface area contributed by atoms with Crippen LogP contribution >= 0.6 is 15.9 Å². The quantitative estimate of drug-likeness (QED) is 0.838. The Kier molecular flexibility index (Phi) is 5.26. The number of amides is 1. The first-order chi connectivity index (χ1) is 10.4. The van der Waals surface area contributed by atoms with Crippen molar-refractivity contribution in [1.82, 2.24) is 0 Å². The van der Waals surface area contributed by atoms with Gasteiger partial charge in [0, 0.05) is 15.7 Å². The van der Waals surface area contributed by atoms with Crippen LogP contribution in [-0.2, 0) is 10.4 Å². The minimum absolute atomic E-state index is 0.101. The van der Waals surface area contributed by atoms with Crippen molar-refractivity contribution in [2.75, 3.05) is 5.32 Å². The van der Waals surface area contributed by atoms with Crippen molar-refractivity contribution >= 4 is 27.5 Å². The average molecular weight is 370 g/mol. The van der Waals surface area contributed by atoms with Gasteiger partial charge in [-0.25, -0.2) is 8.78 Å². The smallest absolute Gasteiger partial charge is 0.261 e. The van der Waals surface area contributed by atoms with Gasteiger partial charge in [0.2, 0.25) is 6.43 Å². The monoisotopic (exact) mass is 369 g/mol. The molecule has 3 nitrogen and oxygen atoms in total. The van der Waals surface area contributed by atoms with Crippen LogP contribution in [0, 0.1) is 0 Å². The maximum absolute atomic E-state index is 12.9. The van der Waals surface area contributed by atoms with Crippen molar-refractivity contribution < 1.29 is 18.7 Å². The van der Waals surface area contributed by atoms with Gasteiger partial charge in [0.25, 0.3) is 5.91 Å². The van der Waals surface area contributed by atoms with Gasteiger partial charge in [-0.3, -0.25) is 4.79 Å². The highest BCUT2D eigenvalue weighted by atomic mass is 79.9. The summed E-state index contributed by atoms with van der Waals surface area (Å²) in [7, 11) is 0. The molecule has 0 saturated carbocycles. The van der Waals surface area contributed by atoms with Crippen LogP contribution in [0.2, 0.25) is 0 Å². The molecule has 0 aliphatic carbocycles. The van der Waals surface area contributed by atoms with E-state index >= 15 is 0 Å². The number of benzene rings is 2. The molecular formula is C16H14BrF2NO2. The number of aliphatic hydroxyl groups is 1. The molecule has 1 unspecified atom stereocenters. The van der Waals surface area contributed by atoms with Crippen LogP contribution in [-0.4, -0.2) is 17.4 Å². The fourth-order valence-corrected chi connectivity index (χ4v) is 2.71. The Bertz CT molecular complexity index is 652. The summed E-state index contributed by atoms with van der Waals surface area (Å²) >= 11 is 3.19. The first-order valence-electron chi connectivity index (χ1n) is 6.55. The van der Waals surface area contributed by atoms with E-state index in [1.54, 1.807) is 48.5 Å². The lowest BCUT2D eigenvalue weighted by molar-refractivity contribution is -0.139. The predicted octanol–water partition coefficient (Wildman–Crippen LogP) is 3.93. The topological polar surface area (TPSA) is 49.3 Å². The molecular weight excluding hydrogens is 356 g/mol. The van der Waals surface area contributed by atoms with E-state index in [9.17, 15) is 18.7 Å². The molecule has 0 saturated heterocycles. The van der Waals surface area contributed by atoms with Crippen molar-refractivity contribution in [2.24, 2.45) is 0 Å². The molecule has 0 aromatic heterocycles. The van der Waals surface area contributed by atoms with E-state index in [0.717, 1.165) is 0 Å². The third-order valence-corrected chi connectivity index (χ3v) is 3.87. The summed E-state index contributed by atoms with van der Waals surface area (Å²) in [6, 6.07) is 14.6. The van der Waals surface area contributed by atoms with Crippen molar-refractivity contribution in [3.8, 4) is 0 Å². The Morgan fingerprint density at radius 2 is 1.73 bits per heavy atom. The Balaban J connectivity index is 2.37. The second-order valence-corrected chi connectivity index (χ2v) is 5.61. The van der Waals surface area contributed by atoms with Gasteiger partial charge in [-0.05, 0) is 18.2 Å². The number of para-hydroxylation sites is 1. The van der Waals surface area contributed by atoms with Crippen LogP contribution in [0.1, 0.15) is 12.0 Å². The van der Waals surface area contributed by atoms with Gasteiger partial charge >= 0.3 is 0 Å². The van der Waals surface area contributed by atoms with Gasteiger partial charge in [0.05, 0.1) is 6.42 Å². The molecule has 0 aliphatic rings. The molecule has 2 aromatic carbocycles. The minimum atomic E-state index is -2.83. The lowest BCUT2D eigenvalue weighted by Crippen LogP contribution is -2.42. The van der Waals surface area contributed by atoms with Crippen molar-refractivity contribution in [3.05, 3.63) is 64.6 Å². The van der Waals surface area contributed by atoms with Crippen molar-refractivity contribution in [3.63, 3.8) is 0 Å². The zero-order chi connectivity index (χ0) is 16.2. The van der Waals surface area contributed by atoms with Crippen LogP contribution in [0.4, 0.5) is 14.5 Å². The summed E-state index contributed by atoms with van der Waals surface area (Å²) < 4.78 is 26.2. The van der Waals surface area contributed by atoms with Crippen molar-refractivity contribution in [1.29, 1.82) is 0 Å². The number of alkyl halides is 2. The minimum Gasteiger partial charge on any atom is -0.375 e. The summed E-state index contributed by atoms with van der Waals surface area (Å²) in [5.41, 5.74) is -1.81. The lowest BCUT2D eigenvalue weighted by atomic mass is 9.89. The summed E-state index contributed by atoms with van der Waals surface area (Å²) in [5, 5.41) is 13.1. The van der Waals surface area contributed by atoms with Crippen LogP contribution in [0.15, 0.2) is 59.1 Å². The van der Waals surface area contributed by atoms with Gasteiger partial charge in [-0.1, -0.05) is 52.3 Å². The Hall–Kier alpha value is -1.79. The largest absolute Gasteiger partial charge is 0.375 e. The molecule has 2 N–H and O–H groups in total. The van der Waals surface area contributed by atoms with Gasteiger partial charge in [0.15, 0.2) is 5.60 Å². The highest BCUT2D eigenvalue weighted by molar-refractivity contribution is 9.10. The predicted molar refractivity (Wildman–Crippen MR) is 83.7 cm³/mol. The van der Waals surface area contributed by atoms with Crippen molar-refractivity contribution in [2.45, 2.75) is 18.4 Å². The second-order valence-electron chi connectivity index (χ2n) is 4.76. The molecule has 0 radical (unpaired) electrons. The highest BCUT2D eigenvalue weighted by Gasteiger charge is 2.42. The van der Waals surface area contributed by atoms with Crippen LogP contribution in [0.5, 0.6) is 0 Å². The molecule has 2 rings (SSSR count). The van der Waals surface area contributed by atoms with E-state index < -0.39 is 24.4 Å². The van der Waals surface area contributed by atoms with E-state index in [1.807, 2.05) is 0 Å². The first-order valence-corrected chi connectivity index (χ1v) is 7.35. The molecule has 1 amide bonds. The van der Waals surface area contributed by atoms with Gasteiger partial charge in [0.1, 0.15) is 0 Å². The first kappa shape index (κ1) is 16.6. The number of nitrogens with one attached hydrogen (secondary N) is 1. The highest BCUT2D eigenvalue weighted by Crippen LogP contribution is 2.34.